The highest BCUT2D eigenvalue weighted by atomic mass is 79.9. The molecule has 2 N–H and O–H groups in total. The summed E-state index contributed by atoms with van der Waals surface area (Å²) in [5.41, 5.74) is -0.563. The van der Waals surface area contributed by atoms with E-state index in [-0.39, 0.29) is 17.7 Å². The van der Waals surface area contributed by atoms with Gasteiger partial charge in [0.15, 0.2) is 5.78 Å². The van der Waals surface area contributed by atoms with Crippen LogP contribution in [0.1, 0.15) is 45.1 Å². The summed E-state index contributed by atoms with van der Waals surface area (Å²) in [6, 6.07) is 9.57. The standard InChI is InChI=1S/C29H35Br2NO5/c1-18-8-6-12-21(33)14-15-24(34)37-29-22(13-7-9-18)26(35)28(31,17-30)19(2)25(29)23(32-27(29)36)16-20-10-4-3-5-11-20/h3-5,7,10-11,13-15,18-19,22-23,25-26,35H,6,8-9,12,16-17H2,1-2H3,(H,32,36)/b13-7+,15-14+/t18-,19+,22+,23+,25+,26+,28-,29-/m1/s1. The average molecular weight is 637 g/mol. The van der Waals surface area contributed by atoms with Gasteiger partial charge < -0.3 is 15.2 Å². The maximum atomic E-state index is 13.9. The van der Waals surface area contributed by atoms with Crippen LogP contribution in [0.3, 0.4) is 0 Å². The number of hydrogen-bond donors (Lipinski definition) is 2. The number of esters is 1. The van der Waals surface area contributed by atoms with E-state index in [1.807, 2.05) is 49.4 Å². The summed E-state index contributed by atoms with van der Waals surface area (Å²) in [5, 5.41) is 15.3. The third kappa shape index (κ3) is 5.39. The summed E-state index contributed by atoms with van der Waals surface area (Å²) in [6.45, 7) is 4.12. The number of carbonyl (C=O) groups excluding carboxylic acids is 3. The summed E-state index contributed by atoms with van der Waals surface area (Å²) in [4.78, 5) is 39.4. The lowest BCUT2D eigenvalue weighted by molar-refractivity contribution is -0.191. The number of aliphatic hydroxyl groups excluding tert-OH is 1. The number of benzene rings is 1. The molecule has 8 heteroatoms. The Kier molecular flexibility index (Phi) is 8.81. The minimum absolute atomic E-state index is 0.143. The van der Waals surface area contributed by atoms with Crippen molar-refractivity contribution in [3.8, 4) is 0 Å². The second-order valence-corrected chi connectivity index (χ2v) is 12.8. The number of ketones is 1. The van der Waals surface area contributed by atoms with Crippen LogP contribution in [0.25, 0.3) is 0 Å². The number of rotatable bonds is 3. The van der Waals surface area contributed by atoms with Crippen molar-refractivity contribution in [2.45, 2.75) is 68.0 Å². The number of alkyl halides is 2. The molecule has 2 aliphatic heterocycles. The fraction of sp³-hybridized carbons (Fsp3) is 0.552. The summed E-state index contributed by atoms with van der Waals surface area (Å²) in [7, 11) is 0. The molecule has 200 valence electrons. The Morgan fingerprint density at radius 2 is 1.86 bits per heavy atom. The molecule has 1 aliphatic carbocycles. The van der Waals surface area contributed by atoms with Crippen molar-refractivity contribution in [3.63, 3.8) is 0 Å². The van der Waals surface area contributed by atoms with Gasteiger partial charge in [-0.15, -0.1) is 0 Å². The fourth-order valence-corrected chi connectivity index (χ4v) is 7.75. The second-order valence-electron chi connectivity index (χ2n) is 10.8. The van der Waals surface area contributed by atoms with Crippen LogP contribution in [0.2, 0.25) is 0 Å². The number of hydrogen-bond acceptors (Lipinski definition) is 5. The number of nitrogens with one attached hydrogen (secondary N) is 1. The van der Waals surface area contributed by atoms with E-state index in [0.717, 1.165) is 30.9 Å². The summed E-state index contributed by atoms with van der Waals surface area (Å²) in [5.74, 6) is -2.44. The Morgan fingerprint density at radius 3 is 2.57 bits per heavy atom. The van der Waals surface area contributed by atoms with Crippen LogP contribution in [0.15, 0.2) is 54.6 Å². The summed E-state index contributed by atoms with van der Waals surface area (Å²) < 4.78 is 5.35. The van der Waals surface area contributed by atoms with Crippen molar-refractivity contribution >= 4 is 49.5 Å². The third-order valence-electron chi connectivity index (χ3n) is 8.40. The zero-order valence-electron chi connectivity index (χ0n) is 21.2. The SMILES string of the molecule is C[C@H]1C/C=C/[C@H]2[C@H](O)[C@@](Br)(CBr)[C@@H](C)[C@H]3[C@H](Cc4ccccc4)NC(=O)[C@]32OC(=O)/C=C/C(=O)CCC1. The third-order valence-corrected chi connectivity index (χ3v) is 11.6. The first-order chi connectivity index (χ1) is 17.6. The van der Waals surface area contributed by atoms with Gasteiger partial charge in [-0.2, -0.15) is 0 Å². The molecule has 1 aromatic rings. The minimum Gasteiger partial charge on any atom is -0.445 e. The predicted molar refractivity (Wildman–Crippen MR) is 149 cm³/mol. The molecule has 2 heterocycles. The first-order valence-corrected chi connectivity index (χ1v) is 14.9. The second kappa shape index (κ2) is 11.5. The molecule has 0 radical (unpaired) electrons. The molecular weight excluding hydrogens is 602 g/mol. The molecule has 2 fully saturated rings. The fourth-order valence-electron chi connectivity index (χ4n) is 6.34. The Bertz CT molecular complexity index is 1080. The van der Waals surface area contributed by atoms with Gasteiger partial charge >= 0.3 is 5.97 Å². The van der Waals surface area contributed by atoms with Crippen LogP contribution in [0.5, 0.6) is 0 Å². The number of carbonyl (C=O) groups is 3. The molecule has 0 unspecified atom stereocenters. The van der Waals surface area contributed by atoms with Crippen molar-refractivity contribution in [3.05, 3.63) is 60.2 Å². The molecule has 3 aliphatic rings. The number of aliphatic hydroxyl groups is 1. The van der Waals surface area contributed by atoms with Gasteiger partial charge in [0.2, 0.25) is 5.60 Å². The van der Waals surface area contributed by atoms with E-state index in [1.165, 1.54) is 6.08 Å². The molecule has 1 spiro atoms. The number of halogens is 2. The van der Waals surface area contributed by atoms with E-state index in [2.05, 4.69) is 44.1 Å². The largest absolute Gasteiger partial charge is 0.445 e. The maximum absolute atomic E-state index is 13.9. The topological polar surface area (TPSA) is 92.7 Å². The van der Waals surface area contributed by atoms with Gasteiger partial charge in [-0.3, -0.25) is 9.59 Å². The highest BCUT2D eigenvalue weighted by Crippen LogP contribution is 2.57. The number of allylic oxidation sites excluding steroid dienone is 2. The summed E-state index contributed by atoms with van der Waals surface area (Å²) in [6.07, 6.45) is 8.48. The summed E-state index contributed by atoms with van der Waals surface area (Å²) >= 11 is 7.45. The van der Waals surface area contributed by atoms with E-state index < -0.39 is 39.7 Å². The van der Waals surface area contributed by atoms with E-state index >= 15 is 0 Å². The number of amides is 1. The Balaban J connectivity index is 1.84. The van der Waals surface area contributed by atoms with E-state index in [9.17, 15) is 19.5 Å². The van der Waals surface area contributed by atoms with Crippen LogP contribution >= 0.6 is 31.9 Å². The quantitative estimate of drug-likeness (QED) is 0.286. The Labute approximate surface area is 235 Å². The van der Waals surface area contributed by atoms with Gasteiger partial charge in [-0.25, -0.2) is 4.79 Å². The van der Waals surface area contributed by atoms with Crippen molar-refractivity contribution in [2.75, 3.05) is 5.33 Å². The van der Waals surface area contributed by atoms with Gasteiger partial charge in [-0.1, -0.05) is 88.2 Å². The van der Waals surface area contributed by atoms with Crippen molar-refractivity contribution in [1.82, 2.24) is 5.32 Å². The zero-order chi connectivity index (χ0) is 26.8. The molecule has 1 aromatic carbocycles. The van der Waals surface area contributed by atoms with Gasteiger partial charge in [-0.05, 0) is 49.2 Å². The normalized spacial score (nSPS) is 40.5. The average Bonchev–Trinajstić information content (AvgIpc) is 3.14. The molecule has 0 bridgehead atoms. The lowest BCUT2D eigenvalue weighted by Gasteiger charge is -2.55. The zero-order valence-corrected chi connectivity index (χ0v) is 24.4. The van der Waals surface area contributed by atoms with E-state index in [4.69, 9.17) is 4.74 Å². The van der Waals surface area contributed by atoms with Crippen LogP contribution in [-0.4, -0.2) is 50.2 Å². The maximum Gasteiger partial charge on any atom is 0.331 e. The van der Waals surface area contributed by atoms with Gasteiger partial charge in [0.05, 0.1) is 16.3 Å². The van der Waals surface area contributed by atoms with Gasteiger partial charge in [0.1, 0.15) is 0 Å². The van der Waals surface area contributed by atoms with Gasteiger partial charge in [0.25, 0.3) is 5.91 Å². The van der Waals surface area contributed by atoms with Gasteiger partial charge in [0, 0.05) is 29.8 Å². The van der Waals surface area contributed by atoms with Crippen LogP contribution in [0.4, 0.5) is 0 Å². The minimum atomic E-state index is -1.62. The van der Waals surface area contributed by atoms with Crippen molar-refractivity contribution < 1.29 is 24.2 Å². The Hall–Kier alpha value is -1.77. The van der Waals surface area contributed by atoms with Crippen LogP contribution in [0, 0.1) is 23.7 Å². The molecule has 1 saturated carbocycles. The van der Waals surface area contributed by atoms with E-state index in [0.29, 0.717) is 24.1 Å². The molecule has 1 saturated heterocycles. The van der Waals surface area contributed by atoms with Crippen molar-refractivity contribution in [2.24, 2.45) is 23.7 Å². The number of ether oxygens (including phenoxy) is 1. The van der Waals surface area contributed by atoms with Crippen molar-refractivity contribution in [1.29, 1.82) is 0 Å². The molecule has 4 rings (SSSR count). The molecule has 6 nitrogen and oxygen atoms in total. The highest BCUT2D eigenvalue weighted by molar-refractivity contribution is 9.12. The molecule has 0 aromatic heterocycles. The first kappa shape index (κ1) is 28.2. The lowest BCUT2D eigenvalue weighted by atomic mass is 9.57. The predicted octanol–water partition coefficient (Wildman–Crippen LogP) is 4.67. The highest BCUT2D eigenvalue weighted by Gasteiger charge is 2.72. The molecule has 1 amide bonds. The molecule has 37 heavy (non-hydrogen) atoms. The van der Waals surface area contributed by atoms with Crippen LogP contribution in [-0.2, 0) is 25.5 Å². The smallest absolute Gasteiger partial charge is 0.331 e. The molecule has 8 atom stereocenters. The first-order valence-electron chi connectivity index (χ1n) is 13.0. The lowest BCUT2D eigenvalue weighted by Crippen LogP contribution is -2.69. The van der Waals surface area contributed by atoms with Crippen LogP contribution < -0.4 is 5.32 Å². The van der Waals surface area contributed by atoms with E-state index in [1.54, 1.807) is 0 Å². The monoisotopic (exact) mass is 635 g/mol. The molecular formula is C29H35Br2NO5. The Morgan fingerprint density at radius 1 is 1.14 bits per heavy atom.